The zero-order valence-electron chi connectivity index (χ0n) is 16.7. The van der Waals surface area contributed by atoms with Crippen LogP contribution in [0.1, 0.15) is 40.0 Å². The van der Waals surface area contributed by atoms with Gasteiger partial charge < -0.3 is 10.4 Å². The zero-order chi connectivity index (χ0) is 21.4. The number of aromatic carboxylic acids is 1. The zero-order valence-corrected chi connectivity index (χ0v) is 17.4. The predicted octanol–water partition coefficient (Wildman–Crippen LogP) is 5.67. The third-order valence-electron chi connectivity index (χ3n) is 5.83. The number of rotatable bonds is 6. The minimum absolute atomic E-state index is 0.230. The smallest absolute Gasteiger partial charge is 0.335 e. The Morgan fingerprint density at radius 3 is 2.29 bits per heavy atom. The van der Waals surface area contributed by atoms with Gasteiger partial charge in [-0.25, -0.2) is 9.78 Å². The van der Waals surface area contributed by atoms with Gasteiger partial charge in [0.25, 0.3) is 0 Å². The number of nitrogens with zero attached hydrogens (tertiary/aromatic N) is 2. The van der Waals surface area contributed by atoms with E-state index in [-0.39, 0.29) is 11.1 Å². The number of benzene rings is 2. The lowest BCUT2D eigenvalue weighted by Crippen LogP contribution is -2.20. The van der Waals surface area contributed by atoms with Crippen LogP contribution >= 0.6 is 11.6 Å². The summed E-state index contributed by atoms with van der Waals surface area (Å²) >= 11 is 6.03. The minimum Gasteiger partial charge on any atom is -0.478 e. The van der Waals surface area contributed by atoms with Crippen molar-refractivity contribution in [2.24, 2.45) is 0 Å². The molecule has 0 unspecified atom stereocenters. The lowest BCUT2D eigenvalue weighted by molar-refractivity contribution is 0.0697. The molecule has 1 saturated carbocycles. The second kappa shape index (κ2) is 7.67. The molecule has 5 rings (SSSR count). The molecule has 2 N–H and O–H groups in total. The van der Waals surface area contributed by atoms with Gasteiger partial charge in [0.2, 0.25) is 0 Å². The molecule has 0 amide bonds. The topological polar surface area (TPSA) is 75.1 Å². The Morgan fingerprint density at radius 1 is 0.968 bits per heavy atom. The first-order valence-corrected chi connectivity index (χ1v) is 10.5. The summed E-state index contributed by atoms with van der Waals surface area (Å²) in [5.41, 5.74) is 3.21. The van der Waals surface area contributed by atoms with Crippen LogP contribution in [0.3, 0.4) is 0 Å². The van der Waals surface area contributed by atoms with E-state index in [1.165, 1.54) is 0 Å². The molecule has 2 heterocycles. The fourth-order valence-electron chi connectivity index (χ4n) is 3.98. The number of hydrogen-bond acceptors (Lipinski definition) is 4. The van der Waals surface area contributed by atoms with Gasteiger partial charge in [0.1, 0.15) is 5.82 Å². The second-order valence-electron chi connectivity index (χ2n) is 7.91. The number of fused-ring (bicyclic) bond motifs is 1. The van der Waals surface area contributed by atoms with Crippen LogP contribution in [-0.2, 0) is 12.0 Å². The summed E-state index contributed by atoms with van der Waals surface area (Å²) in [7, 11) is 0. The van der Waals surface area contributed by atoms with Gasteiger partial charge in [0.15, 0.2) is 0 Å². The Morgan fingerprint density at radius 2 is 1.65 bits per heavy atom. The molecule has 0 aliphatic heterocycles. The number of aromatic nitrogens is 2. The van der Waals surface area contributed by atoms with Gasteiger partial charge in [0, 0.05) is 29.2 Å². The fraction of sp³-hybridized carbons (Fsp3) is 0.160. The van der Waals surface area contributed by atoms with Gasteiger partial charge in [-0.1, -0.05) is 35.9 Å². The van der Waals surface area contributed by atoms with Crippen LogP contribution in [0.25, 0.3) is 10.8 Å². The number of anilines is 1. The van der Waals surface area contributed by atoms with Crippen molar-refractivity contribution in [2.45, 2.75) is 24.8 Å². The summed E-state index contributed by atoms with van der Waals surface area (Å²) in [6, 6.07) is 18.9. The van der Waals surface area contributed by atoms with Crippen molar-refractivity contribution in [3.05, 3.63) is 100 Å². The van der Waals surface area contributed by atoms with E-state index in [0.29, 0.717) is 11.4 Å². The molecular formula is C25H20ClN3O2. The highest BCUT2D eigenvalue weighted by Crippen LogP contribution is 2.49. The highest BCUT2D eigenvalue weighted by Gasteiger charge is 2.45. The van der Waals surface area contributed by atoms with Gasteiger partial charge in [-0.05, 0) is 65.8 Å². The van der Waals surface area contributed by atoms with E-state index < -0.39 is 5.97 Å². The first-order valence-electron chi connectivity index (χ1n) is 10.1. The van der Waals surface area contributed by atoms with Crippen LogP contribution < -0.4 is 5.32 Å². The summed E-state index contributed by atoms with van der Waals surface area (Å²) in [4.78, 5) is 20.5. The molecule has 4 aromatic rings. The Bertz CT molecular complexity index is 1260. The van der Waals surface area contributed by atoms with Crippen molar-refractivity contribution < 1.29 is 9.90 Å². The molecule has 5 nitrogen and oxygen atoms in total. The summed E-state index contributed by atoms with van der Waals surface area (Å²) in [5, 5.41) is 15.6. The quantitative estimate of drug-likeness (QED) is 0.412. The first kappa shape index (κ1) is 19.5. The largest absolute Gasteiger partial charge is 0.478 e. The highest BCUT2D eigenvalue weighted by molar-refractivity contribution is 6.30. The van der Waals surface area contributed by atoms with E-state index in [1.807, 2.05) is 54.7 Å². The molecule has 1 aliphatic carbocycles. The Kier molecular flexibility index (Phi) is 4.83. The Hall–Kier alpha value is -3.44. The number of nitrogens with one attached hydrogen (secondary N) is 1. The maximum atomic E-state index is 11.2. The van der Waals surface area contributed by atoms with Crippen LogP contribution in [0.4, 0.5) is 5.82 Å². The molecule has 31 heavy (non-hydrogen) atoms. The first-order chi connectivity index (χ1) is 15.0. The van der Waals surface area contributed by atoms with E-state index in [1.54, 1.807) is 18.3 Å². The van der Waals surface area contributed by atoms with Gasteiger partial charge in [-0.2, -0.15) is 0 Å². The summed E-state index contributed by atoms with van der Waals surface area (Å²) in [5.74, 6) is -0.118. The number of carboxylic acids is 1. The SMILES string of the molecule is O=C(O)c1ccc(C2(Nc3nccc4ccnc(Cc5ccc(Cl)cc5)c34)CC2)cc1. The van der Waals surface area contributed by atoms with Gasteiger partial charge >= 0.3 is 5.97 Å². The summed E-state index contributed by atoms with van der Waals surface area (Å²) in [6.07, 6.45) is 6.24. The summed E-state index contributed by atoms with van der Waals surface area (Å²) in [6.45, 7) is 0. The number of carboxylic acid groups (broad SMARTS) is 1. The third-order valence-corrected chi connectivity index (χ3v) is 6.09. The Balaban J connectivity index is 1.51. The molecule has 1 aliphatic rings. The number of pyridine rings is 2. The monoisotopic (exact) mass is 429 g/mol. The van der Waals surface area contributed by atoms with Crippen molar-refractivity contribution in [1.82, 2.24) is 9.97 Å². The fourth-order valence-corrected chi connectivity index (χ4v) is 4.11. The van der Waals surface area contributed by atoms with E-state index >= 15 is 0 Å². The van der Waals surface area contributed by atoms with Crippen molar-refractivity contribution >= 4 is 34.2 Å². The Labute approximate surface area is 184 Å². The molecule has 0 atom stereocenters. The maximum absolute atomic E-state index is 11.2. The van der Waals surface area contributed by atoms with Crippen LogP contribution in [0.5, 0.6) is 0 Å². The van der Waals surface area contributed by atoms with E-state index in [2.05, 4.69) is 15.3 Å². The molecule has 6 heteroatoms. The van der Waals surface area contributed by atoms with Crippen LogP contribution in [-0.4, -0.2) is 21.0 Å². The number of carbonyl (C=O) groups is 1. The van der Waals surface area contributed by atoms with E-state index in [0.717, 1.165) is 46.3 Å². The molecule has 1 fully saturated rings. The van der Waals surface area contributed by atoms with Gasteiger partial charge in [-0.15, -0.1) is 0 Å². The highest BCUT2D eigenvalue weighted by atomic mass is 35.5. The van der Waals surface area contributed by atoms with Gasteiger partial charge in [0.05, 0.1) is 16.8 Å². The predicted molar refractivity (Wildman–Crippen MR) is 122 cm³/mol. The molecule has 154 valence electrons. The van der Waals surface area contributed by atoms with Crippen molar-refractivity contribution in [3.63, 3.8) is 0 Å². The van der Waals surface area contributed by atoms with E-state index in [4.69, 9.17) is 11.6 Å². The minimum atomic E-state index is -0.919. The third kappa shape index (κ3) is 3.84. The molecule has 2 aromatic heterocycles. The average molecular weight is 430 g/mol. The molecule has 0 bridgehead atoms. The van der Waals surface area contributed by atoms with Gasteiger partial charge in [-0.3, -0.25) is 4.98 Å². The lowest BCUT2D eigenvalue weighted by Gasteiger charge is -2.21. The molecule has 2 aromatic carbocycles. The van der Waals surface area contributed by atoms with Crippen LogP contribution in [0, 0.1) is 0 Å². The molecule has 0 saturated heterocycles. The van der Waals surface area contributed by atoms with Crippen molar-refractivity contribution in [1.29, 1.82) is 0 Å². The second-order valence-corrected chi connectivity index (χ2v) is 8.34. The number of halogens is 1. The van der Waals surface area contributed by atoms with Crippen molar-refractivity contribution in [2.75, 3.05) is 5.32 Å². The standard InChI is InChI=1S/C25H20ClN3O2/c26-20-7-1-16(2-8-20)15-21-22-17(9-13-27-21)10-14-28-23(22)29-25(11-12-25)19-5-3-18(4-6-19)24(30)31/h1-10,13-14H,11-12,15H2,(H,28,29)(H,30,31). The average Bonchev–Trinajstić information content (AvgIpc) is 3.56. The molecule has 0 spiro atoms. The summed E-state index contributed by atoms with van der Waals surface area (Å²) < 4.78 is 0. The molecular weight excluding hydrogens is 410 g/mol. The van der Waals surface area contributed by atoms with Crippen LogP contribution in [0.15, 0.2) is 73.1 Å². The maximum Gasteiger partial charge on any atom is 0.335 e. The number of hydrogen-bond donors (Lipinski definition) is 2. The van der Waals surface area contributed by atoms with Crippen molar-refractivity contribution in [3.8, 4) is 0 Å². The molecule has 0 radical (unpaired) electrons. The van der Waals surface area contributed by atoms with E-state index in [9.17, 15) is 9.90 Å². The lowest BCUT2D eigenvalue weighted by atomic mass is 10.0. The normalized spacial score (nSPS) is 14.4. The van der Waals surface area contributed by atoms with Crippen LogP contribution in [0.2, 0.25) is 5.02 Å².